The van der Waals surface area contributed by atoms with Crippen molar-refractivity contribution in [3.63, 3.8) is 0 Å². The average molecular weight is 405 g/mol. The van der Waals surface area contributed by atoms with E-state index in [1.807, 2.05) is 36.3 Å². The Morgan fingerprint density at radius 2 is 2.11 bits per heavy atom. The number of rotatable bonds is 6. The standard InChI is InChI=1S/C20H24N2O3S2/c1-3-17(19-5-4-10-26-19)21-27(24,25)16-8-9-18-15(12-16)11-13(2)22(18)20(23)14-6-7-14/h4-5,8-10,12-14,17,21H,3,6-7,11H2,1-2H3/t13-,17-/m1/s1. The number of hydrogen-bond donors (Lipinski definition) is 1. The van der Waals surface area contributed by atoms with Crippen molar-refractivity contribution >= 4 is 33.0 Å². The highest BCUT2D eigenvalue weighted by Crippen LogP contribution is 2.39. The summed E-state index contributed by atoms with van der Waals surface area (Å²) in [5, 5.41) is 1.95. The summed E-state index contributed by atoms with van der Waals surface area (Å²) in [5.41, 5.74) is 1.80. The minimum atomic E-state index is -3.63. The number of carbonyl (C=O) groups is 1. The first-order valence-electron chi connectivity index (χ1n) is 9.42. The number of hydrogen-bond acceptors (Lipinski definition) is 4. The molecule has 1 N–H and O–H groups in total. The molecule has 0 bridgehead atoms. The monoisotopic (exact) mass is 404 g/mol. The molecule has 27 heavy (non-hydrogen) atoms. The Bertz CT molecular complexity index is 950. The summed E-state index contributed by atoms with van der Waals surface area (Å²) < 4.78 is 28.7. The lowest BCUT2D eigenvalue weighted by Crippen LogP contribution is -2.36. The van der Waals surface area contributed by atoms with E-state index in [1.54, 1.807) is 29.5 Å². The molecule has 144 valence electrons. The molecule has 1 aromatic heterocycles. The van der Waals surface area contributed by atoms with Gasteiger partial charge >= 0.3 is 0 Å². The summed E-state index contributed by atoms with van der Waals surface area (Å²) in [5.74, 6) is 0.332. The fourth-order valence-electron chi connectivity index (χ4n) is 3.72. The van der Waals surface area contributed by atoms with Gasteiger partial charge in [0.25, 0.3) is 0 Å². The zero-order valence-corrected chi connectivity index (χ0v) is 17.1. The lowest BCUT2D eigenvalue weighted by Gasteiger charge is -2.22. The van der Waals surface area contributed by atoms with Gasteiger partial charge in [0.1, 0.15) is 0 Å². The molecule has 1 amide bonds. The molecular formula is C20H24N2O3S2. The number of thiophene rings is 1. The molecule has 0 saturated heterocycles. The Morgan fingerprint density at radius 1 is 1.33 bits per heavy atom. The largest absolute Gasteiger partial charge is 0.309 e. The van der Waals surface area contributed by atoms with E-state index in [0.29, 0.717) is 12.8 Å². The molecule has 2 aliphatic rings. The minimum absolute atomic E-state index is 0.0773. The third-order valence-electron chi connectivity index (χ3n) is 5.33. The van der Waals surface area contributed by atoms with Crippen LogP contribution in [0.2, 0.25) is 0 Å². The Hall–Kier alpha value is -1.70. The molecule has 1 aromatic carbocycles. The molecule has 1 saturated carbocycles. The van der Waals surface area contributed by atoms with Crippen LogP contribution < -0.4 is 9.62 Å². The second kappa shape index (κ2) is 7.04. The van der Waals surface area contributed by atoms with E-state index in [2.05, 4.69) is 4.72 Å². The van der Waals surface area contributed by atoms with Gasteiger partial charge < -0.3 is 4.90 Å². The summed E-state index contributed by atoms with van der Waals surface area (Å²) in [4.78, 5) is 15.7. The SMILES string of the molecule is CC[C@@H](NS(=O)(=O)c1ccc2c(c1)C[C@@H](C)N2C(=O)C1CC1)c1cccs1. The maximum atomic E-state index is 12.9. The van der Waals surface area contributed by atoms with Crippen molar-refractivity contribution in [1.82, 2.24) is 4.72 Å². The molecular weight excluding hydrogens is 380 g/mol. The molecule has 7 heteroatoms. The van der Waals surface area contributed by atoms with Gasteiger partial charge in [-0.25, -0.2) is 13.1 Å². The number of anilines is 1. The normalized spacial score (nSPS) is 20.5. The van der Waals surface area contributed by atoms with Gasteiger partial charge in [-0.15, -0.1) is 11.3 Å². The molecule has 0 radical (unpaired) electrons. The lowest BCUT2D eigenvalue weighted by molar-refractivity contribution is -0.120. The number of nitrogens with one attached hydrogen (secondary N) is 1. The number of nitrogens with zero attached hydrogens (tertiary/aromatic N) is 1. The van der Waals surface area contributed by atoms with Crippen molar-refractivity contribution in [2.24, 2.45) is 5.92 Å². The van der Waals surface area contributed by atoms with Gasteiger partial charge in [0.15, 0.2) is 0 Å². The maximum Gasteiger partial charge on any atom is 0.241 e. The van der Waals surface area contributed by atoms with E-state index >= 15 is 0 Å². The highest BCUT2D eigenvalue weighted by molar-refractivity contribution is 7.89. The van der Waals surface area contributed by atoms with Crippen molar-refractivity contribution < 1.29 is 13.2 Å². The van der Waals surface area contributed by atoms with Crippen molar-refractivity contribution in [1.29, 1.82) is 0 Å². The molecule has 1 aliphatic heterocycles. The van der Waals surface area contributed by atoms with Crippen molar-refractivity contribution in [2.45, 2.75) is 56.5 Å². The van der Waals surface area contributed by atoms with Gasteiger partial charge in [0.05, 0.1) is 10.9 Å². The molecule has 1 fully saturated rings. The van der Waals surface area contributed by atoms with Crippen LogP contribution in [-0.4, -0.2) is 20.4 Å². The molecule has 2 aromatic rings. The minimum Gasteiger partial charge on any atom is -0.309 e. The van der Waals surface area contributed by atoms with E-state index in [1.165, 1.54) is 0 Å². The van der Waals surface area contributed by atoms with E-state index < -0.39 is 10.0 Å². The molecule has 0 spiro atoms. The summed E-state index contributed by atoms with van der Waals surface area (Å²) in [7, 11) is -3.63. The van der Waals surface area contributed by atoms with Crippen LogP contribution in [0.15, 0.2) is 40.6 Å². The maximum absolute atomic E-state index is 12.9. The van der Waals surface area contributed by atoms with Crippen molar-refractivity contribution in [3.8, 4) is 0 Å². The fourth-order valence-corrected chi connectivity index (χ4v) is 6.01. The van der Waals surface area contributed by atoms with Gasteiger partial charge in [-0.3, -0.25) is 4.79 Å². The predicted octanol–water partition coefficient (Wildman–Crippen LogP) is 3.87. The summed E-state index contributed by atoms with van der Waals surface area (Å²) in [6.45, 7) is 4.00. The van der Waals surface area contributed by atoms with Gasteiger partial charge in [-0.1, -0.05) is 13.0 Å². The zero-order valence-electron chi connectivity index (χ0n) is 15.5. The van der Waals surface area contributed by atoms with Gasteiger partial charge in [-0.2, -0.15) is 0 Å². The Balaban J connectivity index is 1.60. The highest BCUT2D eigenvalue weighted by atomic mass is 32.2. The molecule has 4 rings (SSSR count). The van der Waals surface area contributed by atoms with Crippen LogP contribution in [0.25, 0.3) is 0 Å². The number of benzene rings is 1. The third-order valence-corrected chi connectivity index (χ3v) is 7.79. The quantitative estimate of drug-likeness (QED) is 0.795. The number of carbonyl (C=O) groups excluding carboxylic acids is 1. The summed E-state index contributed by atoms with van der Waals surface area (Å²) in [6, 6.07) is 8.87. The van der Waals surface area contributed by atoms with Gasteiger partial charge in [0, 0.05) is 22.5 Å². The van der Waals surface area contributed by atoms with Crippen LogP contribution >= 0.6 is 11.3 Å². The van der Waals surface area contributed by atoms with Crippen LogP contribution in [0.1, 0.15) is 49.6 Å². The van der Waals surface area contributed by atoms with Crippen molar-refractivity contribution in [3.05, 3.63) is 46.2 Å². The van der Waals surface area contributed by atoms with E-state index in [0.717, 1.165) is 29.0 Å². The topological polar surface area (TPSA) is 66.5 Å². The van der Waals surface area contributed by atoms with E-state index in [9.17, 15) is 13.2 Å². The number of amides is 1. The average Bonchev–Trinajstić information content (AvgIpc) is 3.24. The van der Waals surface area contributed by atoms with Crippen LogP contribution in [0.3, 0.4) is 0 Å². The molecule has 1 aliphatic carbocycles. The Morgan fingerprint density at radius 3 is 2.74 bits per heavy atom. The zero-order chi connectivity index (χ0) is 19.2. The first kappa shape index (κ1) is 18.7. The molecule has 0 unspecified atom stereocenters. The predicted molar refractivity (Wildman–Crippen MR) is 107 cm³/mol. The van der Waals surface area contributed by atoms with Crippen LogP contribution in [-0.2, 0) is 21.2 Å². The summed E-state index contributed by atoms with van der Waals surface area (Å²) in [6.07, 6.45) is 3.31. The van der Waals surface area contributed by atoms with Crippen LogP contribution in [0, 0.1) is 5.92 Å². The Kier molecular flexibility index (Phi) is 4.86. The third kappa shape index (κ3) is 3.56. The smallest absolute Gasteiger partial charge is 0.241 e. The van der Waals surface area contributed by atoms with E-state index in [4.69, 9.17) is 0 Å². The van der Waals surface area contributed by atoms with Crippen LogP contribution in [0.4, 0.5) is 5.69 Å². The molecule has 2 heterocycles. The first-order valence-corrected chi connectivity index (χ1v) is 11.8. The second-order valence-corrected chi connectivity index (χ2v) is 10.1. The lowest BCUT2D eigenvalue weighted by atomic mass is 10.1. The highest BCUT2D eigenvalue weighted by Gasteiger charge is 2.39. The molecule has 2 atom stereocenters. The van der Waals surface area contributed by atoms with Gasteiger partial charge in [0.2, 0.25) is 15.9 Å². The molecule has 5 nitrogen and oxygen atoms in total. The summed E-state index contributed by atoms with van der Waals surface area (Å²) >= 11 is 1.55. The van der Waals surface area contributed by atoms with Crippen LogP contribution in [0.5, 0.6) is 0 Å². The number of fused-ring (bicyclic) bond motifs is 1. The second-order valence-electron chi connectivity index (χ2n) is 7.42. The van der Waals surface area contributed by atoms with Gasteiger partial charge in [-0.05, 0) is 67.8 Å². The fraction of sp³-hybridized carbons (Fsp3) is 0.450. The first-order chi connectivity index (χ1) is 12.9. The van der Waals surface area contributed by atoms with Crippen molar-refractivity contribution in [2.75, 3.05) is 4.90 Å². The van der Waals surface area contributed by atoms with E-state index in [-0.39, 0.29) is 28.8 Å². The number of sulfonamides is 1. The Labute approximate surface area is 164 Å².